The highest BCUT2D eigenvalue weighted by atomic mass is 32.1. The Balaban J connectivity index is 2.65. The van der Waals surface area contributed by atoms with Crippen LogP contribution in [0.2, 0.25) is 0 Å². The number of aliphatic hydroxyl groups is 2. The van der Waals surface area contributed by atoms with Crippen molar-refractivity contribution in [3.8, 4) is 0 Å². The zero-order chi connectivity index (χ0) is 13.7. The second-order valence-electron chi connectivity index (χ2n) is 3.62. The molecule has 0 bridgehead atoms. The van der Waals surface area contributed by atoms with Gasteiger partial charge in [-0.1, -0.05) is 0 Å². The number of thiophene rings is 1. The largest absolute Gasteiger partial charge is 0.388 e. The third kappa shape index (κ3) is 3.77. The van der Waals surface area contributed by atoms with Crippen molar-refractivity contribution in [2.24, 2.45) is 5.84 Å². The molecule has 0 saturated heterocycles. The highest BCUT2D eigenvalue weighted by Gasteiger charge is 2.21. The number of nitrogens with two attached hydrogens (primary N) is 1. The van der Waals surface area contributed by atoms with Gasteiger partial charge in [0.25, 0.3) is 5.91 Å². The molecule has 0 saturated carbocycles. The maximum Gasteiger partial charge on any atom is 0.275 e. The van der Waals surface area contributed by atoms with Crippen molar-refractivity contribution in [1.82, 2.24) is 10.7 Å². The van der Waals surface area contributed by atoms with E-state index in [1.807, 2.05) is 5.43 Å². The minimum Gasteiger partial charge on any atom is -0.388 e. The Hall–Kier alpha value is -1.48. The Kier molecular flexibility index (Phi) is 5.23. The van der Waals surface area contributed by atoms with E-state index in [0.29, 0.717) is 9.75 Å². The van der Waals surface area contributed by atoms with Crippen molar-refractivity contribution < 1.29 is 19.8 Å². The van der Waals surface area contributed by atoms with Gasteiger partial charge in [-0.2, -0.15) is 0 Å². The van der Waals surface area contributed by atoms with E-state index >= 15 is 0 Å². The van der Waals surface area contributed by atoms with E-state index in [4.69, 9.17) is 5.84 Å². The van der Waals surface area contributed by atoms with Crippen molar-refractivity contribution in [2.75, 3.05) is 6.54 Å². The summed E-state index contributed by atoms with van der Waals surface area (Å²) in [5.41, 5.74) is 1.97. The molecule has 2 unspecified atom stereocenters. The summed E-state index contributed by atoms with van der Waals surface area (Å²) in [6, 6.07) is 3.02. The molecule has 0 aliphatic carbocycles. The maximum atomic E-state index is 11.2. The third-order valence-electron chi connectivity index (χ3n) is 2.20. The minimum atomic E-state index is -1.17. The summed E-state index contributed by atoms with van der Waals surface area (Å²) in [7, 11) is 0. The van der Waals surface area contributed by atoms with Crippen LogP contribution >= 0.6 is 11.3 Å². The Morgan fingerprint density at radius 3 is 2.67 bits per heavy atom. The highest BCUT2D eigenvalue weighted by Crippen LogP contribution is 2.25. The zero-order valence-electron chi connectivity index (χ0n) is 9.71. The number of hydrogen-bond acceptors (Lipinski definition) is 6. The van der Waals surface area contributed by atoms with Crippen LogP contribution in [-0.2, 0) is 4.79 Å². The van der Waals surface area contributed by atoms with E-state index in [-0.39, 0.29) is 12.5 Å². The molecular weight excluding hydrogens is 258 g/mol. The van der Waals surface area contributed by atoms with Gasteiger partial charge in [-0.25, -0.2) is 5.84 Å². The molecule has 0 aromatic carbocycles. The molecule has 6 N–H and O–H groups in total. The predicted octanol–water partition coefficient (Wildman–Crippen LogP) is -1.12. The van der Waals surface area contributed by atoms with Crippen LogP contribution in [0.25, 0.3) is 0 Å². The summed E-state index contributed by atoms with van der Waals surface area (Å²) < 4.78 is 0. The fourth-order valence-corrected chi connectivity index (χ4v) is 2.21. The monoisotopic (exact) mass is 273 g/mol. The number of carbonyl (C=O) groups excluding carboxylic acids is 2. The van der Waals surface area contributed by atoms with Gasteiger partial charge in [-0.05, 0) is 12.1 Å². The van der Waals surface area contributed by atoms with Crippen LogP contribution in [0.3, 0.4) is 0 Å². The average molecular weight is 273 g/mol. The molecule has 2 atom stereocenters. The predicted molar refractivity (Wildman–Crippen MR) is 65.6 cm³/mol. The highest BCUT2D eigenvalue weighted by molar-refractivity contribution is 7.14. The molecule has 0 spiro atoms. The fourth-order valence-electron chi connectivity index (χ4n) is 1.25. The summed E-state index contributed by atoms with van der Waals surface area (Å²) >= 11 is 1.02. The first-order valence-electron chi connectivity index (χ1n) is 5.17. The van der Waals surface area contributed by atoms with E-state index in [2.05, 4.69) is 5.32 Å². The Bertz CT molecular complexity index is 435. The summed E-state index contributed by atoms with van der Waals surface area (Å²) in [5, 5.41) is 21.9. The van der Waals surface area contributed by atoms with Crippen LogP contribution in [0.15, 0.2) is 12.1 Å². The summed E-state index contributed by atoms with van der Waals surface area (Å²) in [5.74, 6) is 4.22. The van der Waals surface area contributed by atoms with Gasteiger partial charge >= 0.3 is 0 Å². The summed E-state index contributed by atoms with van der Waals surface area (Å²) in [4.78, 5) is 22.6. The Morgan fingerprint density at radius 2 is 2.11 bits per heavy atom. The van der Waals surface area contributed by atoms with Gasteiger partial charge in [0.1, 0.15) is 12.2 Å². The Morgan fingerprint density at radius 1 is 1.44 bits per heavy atom. The maximum absolute atomic E-state index is 11.2. The number of carbonyl (C=O) groups is 2. The minimum absolute atomic E-state index is 0.0627. The molecule has 18 heavy (non-hydrogen) atoms. The molecule has 100 valence electrons. The molecule has 0 radical (unpaired) electrons. The van der Waals surface area contributed by atoms with Gasteiger partial charge in [0, 0.05) is 18.3 Å². The number of hydrogen-bond donors (Lipinski definition) is 5. The van der Waals surface area contributed by atoms with Crippen molar-refractivity contribution in [2.45, 2.75) is 19.1 Å². The molecule has 7 nitrogen and oxygen atoms in total. The van der Waals surface area contributed by atoms with Gasteiger partial charge in [0.2, 0.25) is 5.91 Å². The zero-order valence-corrected chi connectivity index (χ0v) is 10.5. The molecule has 1 aromatic rings. The number of rotatable bonds is 5. The number of aliphatic hydroxyl groups excluding tert-OH is 2. The quantitative estimate of drug-likeness (QED) is 0.264. The van der Waals surface area contributed by atoms with Gasteiger partial charge in [-0.3, -0.25) is 15.0 Å². The molecule has 2 amide bonds. The average Bonchev–Trinajstić information content (AvgIpc) is 2.83. The molecule has 0 aliphatic heterocycles. The van der Waals surface area contributed by atoms with Gasteiger partial charge < -0.3 is 15.5 Å². The standard InChI is InChI=1S/C10H15N3O4S/c1-5(14)12-4-6(15)9(16)7-2-3-8(18-7)10(17)13-11/h2-3,6,9,15-16H,4,11H2,1H3,(H,12,14)(H,13,17). The first-order chi connectivity index (χ1) is 8.45. The van der Waals surface area contributed by atoms with E-state index in [0.717, 1.165) is 11.3 Å². The van der Waals surface area contributed by atoms with E-state index < -0.39 is 18.1 Å². The topological polar surface area (TPSA) is 125 Å². The fraction of sp³-hybridized carbons (Fsp3) is 0.400. The van der Waals surface area contributed by atoms with Gasteiger partial charge in [-0.15, -0.1) is 11.3 Å². The van der Waals surface area contributed by atoms with Crippen LogP contribution in [0.4, 0.5) is 0 Å². The second-order valence-corrected chi connectivity index (χ2v) is 4.74. The first kappa shape index (κ1) is 14.6. The summed E-state index contributed by atoms with van der Waals surface area (Å²) in [6.45, 7) is 1.25. The second kappa shape index (κ2) is 6.45. The van der Waals surface area contributed by atoms with Crippen LogP contribution in [0, 0.1) is 0 Å². The molecule has 1 aromatic heterocycles. The SMILES string of the molecule is CC(=O)NCC(O)C(O)c1ccc(C(=O)NN)s1. The molecule has 8 heteroatoms. The van der Waals surface area contributed by atoms with Crippen molar-refractivity contribution >= 4 is 23.2 Å². The van der Waals surface area contributed by atoms with Crippen molar-refractivity contribution in [1.29, 1.82) is 0 Å². The molecule has 1 rings (SSSR count). The van der Waals surface area contributed by atoms with Crippen molar-refractivity contribution in [3.05, 3.63) is 21.9 Å². The van der Waals surface area contributed by atoms with E-state index in [9.17, 15) is 19.8 Å². The number of nitrogens with one attached hydrogen (secondary N) is 2. The van der Waals surface area contributed by atoms with Crippen LogP contribution in [0.1, 0.15) is 27.6 Å². The normalized spacial score (nSPS) is 13.8. The number of nitrogen functional groups attached to an aromatic ring is 1. The van der Waals surface area contributed by atoms with Crippen molar-refractivity contribution in [3.63, 3.8) is 0 Å². The molecule has 1 heterocycles. The lowest BCUT2D eigenvalue weighted by Gasteiger charge is -2.16. The molecule has 0 fully saturated rings. The molecular formula is C10H15N3O4S. The number of hydrazine groups is 1. The number of amides is 2. The van der Waals surface area contributed by atoms with Crippen LogP contribution in [-0.4, -0.2) is 34.7 Å². The summed E-state index contributed by atoms with van der Waals surface area (Å²) in [6.07, 6.45) is -2.30. The first-order valence-corrected chi connectivity index (χ1v) is 5.98. The van der Waals surface area contributed by atoms with Crippen LogP contribution < -0.4 is 16.6 Å². The lowest BCUT2D eigenvalue weighted by atomic mass is 10.1. The molecule has 0 aliphatic rings. The van der Waals surface area contributed by atoms with Crippen LogP contribution in [0.5, 0.6) is 0 Å². The van der Waals surface area contributed by atoms with E-state index in [1.54, 1.807) is 0 Å². The Labute approximate surface area is 108 Å². The smallest absolute Gasteiger partial charge is 0.275 e. The lowest BCUT2D eigenvalue weighted by molar-refractivity contribution is -0.119. The van der Waals surface area contributed by atoms with E-state index in [1.165, 1.54) is 19.1 Å². The third-order valence-corrected chi connectivity index (χ3v) is 3.35. The lowest BCUT2D eigenvalue weighted by Crippen LogP contribution is -2.34. The van der Waals surface area contributed by atoms with Gasteiger partial charge in [0.15, 0.2) is 0 Å². The van der Waals surface area contributed by atoms with Gasteiger partial charge in [0.05, 0.1) is 4.88 Å².